The number of benzene rings is 3. The van der Waals surface area contributed by atoms with Gasteiger partial charge < -0.3 is 19.9 Å². The zero-order valence-corrected chi connectivity index (χ0v) is 21.7. The van der Waals surface area contributed by atoms with Crippen molar-refractivity contribution in [3.8, 4) is 5.75 Å². The number of rotatable bonds is 6. The van der Waals surface area contributed by atoms with E-state index in [0.717, 1.165) is 4.90 Å². The maximum atomic E-state index is 14.2. The summed E-state index contributed by atoms with van der Waals surface area (Å²) in [4.78, 5) is 15.8. The van der Waals surface area contributed by atoms with Crippen molar-refractivity contribution in [3.63, 3.8) is 0 Å². The highest BCUT2D eigenvalue weighted by molar-refractivity contribution is 6.33. The Bertz CT molecular complexity index is 1330. The molecule has 5 nitrogen and oxygen atoms in total. The van der Waals surface area contributed by atoms with Crippen LogP contribution < -0.4 is 19.9 Å². The maximum absolute atomic E-state index is 14.2. The normalized spacial score (nSPS) is 14.0. The van der Waals surface area contributed by atoms with Crippen LogP contribution in [0.1, 0.15) is 13.8 Å². The smallest absolute Gasteiger partial charge is 0.267 e. The van der Waals surface area contributed by atoms with Gasteiger partial charge in [-0.3, -0.25) is 4.79 Å². The van der Waals surface area contributed by atoms with Gasteiger partial charge in [-0.1, -0.05) is 23.2 Å². The lowest BCUT2D eigenvalue weighted by Crippen LogP contribution is -2.47. The van der Waals surface area contributed by atoms with Crippen LogP contribution >= 0.6 is 23.2 Å². The first-order valence-electron chi connectivity index (χ1n) is 11.5. The highest BCUT2D eigenvalue weighted by atomic mass is 35.5. The Morgan fingerprint density at radius 2 is 1.34 bits per heavy atom. The Hall–Kier alpha value is -3.24. The number of nitrogens with one attached hydrogen (secondary N) is 1. The van der Waals surface area contributed by atoms with E-state index in [-0.39, 0.29) is 26.2 Å². The van der Waals surface area contributed by atoms with Crippen LogP contribution in [0.5, 0.6) is 5.75 Å². The van der Waals surface area contributed by atoms with E-state index >= 15 is 0 Å². The molecule has 38 heavy (non-hydrogen) atoms. The minimum atomic E-state index is -2.19. The van der Waals surface area contributed by atoms with Gasteiger partial charge >= 0.3 is 0 Å². The predicted molar refractivity (Wildman–Crippen MR) is 137 cm³/mol. The second-order valence-corrected chi connectivity index (χ2v) is 9.92. The minimum absolute atomic E-state index is 0.0105. The van der Waals surface area contributed by atoms with Crippen molar-refractivity contribution in [1.82, 2.24) is 0 Å². The third kappa shape index (κ3) is 5.61. The van der Waals surface area contributed by atoms with Crippen LogP contribution in [0.15, 0.2) is 42.5 Å². The fourth-order valence-electron chi connectivity index (χ4n) is 4.01. The van der Waals surface area contributed by atoms with Gasteiger partial charge in [0.15, 0.2) is 28.9 Å². The molecule has 202 valence electrons. The van der Waals surface area contributed by atoms with Crippen LogP contribution in [0.2, 0.25) is 10.0 Å². The number of amides is 1. The molecule has 0 saturated carbocycles. The number of hydrogen-bond acceptors (Lipinski definition) is 4. The van der Waals surface area contributed by atoms with Gasteiger partial charge in [0.25, 0.3) is 5.91 Å². The number of piperazine rings is 1. The molecule has 0 bridgehead atoms. The van der Waals surface area contributed by atoms with Gasteiger partial charge in [0.1, 0.15) is 11.4 Å². The summed E-state index contributed by atoms with van der Waals surface area (Å²) in [5.41, 5.74) is -1.18. The molecule has 1 fully saturated rings. The van der Waals surface area contributed by atoms with E-state index in [1.54, 1.807) is 56.3 Å². The van der Waals surface area contributed by atoms with Gasteiger partial charge in [-0.15, -0.1) is 0 Å². The Balaban J connectivity index is 1.42. The number of nitrogens with zero attached hydrogens (tertiary/aromatic N) is 2. The predicted octanol–water partition coefficient (Wildman–Crippen LogP) is 6.81. The molecule has 0 radical (unpaired) electrons. The summed E-state index contributed by atoms with van der Waals surface area (Å²) in [7, 11) is 0. The van der Waals surface area contributed by atoms with Crippen LogP contribution in [-0.2, 0) is 4.79 Å². The summed E-state index contributed by atoms with van der Waals surface area (Å²) in [6.07, 6.45) is 0. The number of ether oxygens (including phenoxy) is 1. The van der Waals surface area contributed by atoms with Gasteiger partial charge in [0.2, 0.25) is 5.82 Å². The zero-order chi connectivity index (χ0) is 27.8. The molecule has 1 aliphatic heterocycles. The molecule has 0 unspecified atom stereocenters. The summed E-state index contributed by atoms with van der Waals surface area (Å²) in [6, 6.07) is 11.4. The Labute approximate surface area is 225 Å². The monoisotopic (exact) mass is 573 g/mol. The van der Waals surface area contributed by atoms with E-state index in [0.29, 0.717) is 27.2 Å². The molecule has 4 rings (SSSR count). The third-order valence-corrected chi connectivity index (χ3v) is 6.62. The van der Waals surface area contributed by atoms with E-state index in [1.807, 2.05) is 4.90 Å². The van der Waals surface area contributed by atoms with E-state index < -0.39 is 46.3 Å². The van der Waals surface area contributed by atoms with Crippen LogP contribution in [-0.4, -0.2) is 37.7 Å². The Kier molecular flexibility index (Phi) is 7.94. The minimum Gasteiger partial charge on any atom is -0.478 e. The highest BCUT2D eigenvalue weighted by Gasteiger charge is 2.32. The molecule has 1 amide bonds. The molecular weight excluding hydrogens is 552 g/mol. The second kappa shape index (κ2) is 10.9. The van der Waals surface area contributed by atoms with E-state index in [1.165, 1.54) is 0 Å². The number of carbonyl (C=O) groups is 1. The summed E-state index contributed by atoms with van der Waals surface area (Å²) in [5, 5.41) is 3.59. The fraction of sp³-hybridized carbons (Fsp3) is 0.269. The molecule has 0 spiro atoms. The Morgan fingerprint density at radius 3 is 1.89 bits per heavy atom. The standard InChI is InChI=1S/C26H22Cl2F5N3O2/c1-26(2,38-16-6-3-14(27)4-7-16)25(37)34-15-5-8-18(17(28)13-15)35-9-11-36(12-10-35)24-22(32)20(30)19(29)21(31)23(24)33/h3-8,13H,9-12H2,1-2H3,(H,34,37). The van der Waals surface area contributed by atoms with Gasteiger partial charge in [-0.25, -0.2) is 22.0 Å². The van der Waals surface area contributed by atoms with E-state index in [9.17, 15) is 26.7 Å². The SMILES string of the molecule is CC(C)(Oc1ccc(Cl)cc1)C(=O)Nc1ccc(N2CCN(c3c(F)c(F)c(F)c(F)c3F)CC2)c(Cl)c1. The maximum Gasteiger partial charge on any atom is 0.267 e. The highest BCUT2D eigenvalue weighted by Crippen LogP contribution is 2.34. The van der Waals surface area contributed by atoms with Gasteiger partial charge in [0.05, 0.1) is 10.7 Å². The summed E-state index contributed by atoms with van der Waals surface area (Å²) in [5.74, 6) is -9.85. The number of anilines is 3. The lowest BCUT2D eigenvalue weighted by atomic mass is 10.1. The molecule has 3 aromatic rings. The van der Waals surface area contributed by atoms with E-state index in [2.05, 4.69) is 5.32 Å². The van der Waals surface area contributed by atoms with Crippen molar-refractivity contribution >= 4 is 46.2 Å². The average molecular weight is 574 g/mol. The third-order valence-electron chi connectivity index (χ3n) is 6.06. The Morgan fingerprint density at radius 1 is 0.816 bits per heavy atom. The first-order valence-corrected chi connectivity index (χ1v) is 12.2. The number of halogens is 7. The fourth-order valence-corrected chi connectivity index (χ4v) is 4.43. The molecule has 1 saturated heterocycles. The largest absolute Gasteiger partial charge is 0.478 e. The summed E-state index contributed by atoms with van der Waals surface area (Å²) in [6.45, 7) is 3.60. The molecule has 0 aliphatic carbocycles. The van der Waals surface area contributed by atoms with Crippen molar-refractivity contribution in [2.75, 3.05) is 41.3 Å². The summed E-state index contributed by atoms with van der Waals surface area (Å²) >= 11 is 12.3. The topological polar surface area (TPSA) is 44.8 Å². The average Bonchev–Trinajstić information content (AvgIpc) is 2.88. The quantitative estimate of drug-likeness (QED) is 0.200. The van der Waals surface area contributed by atoms with Crippen molar-refractivity contribution in [2.45, 2.75) is 19.4 Å². The van der Waals surface area contributed by atoms with Crippen LogP contribution in [0, 0.1) is 29.1 Å². The number of carbonyl (C=O) groups excluding carboxylic acids is 1. The van der Waals surface area contributed by atoms with Gasteiger partial charge in [0, 0.05) is 36.9 Å². The molecule has 3 aromatic carbocycles. The second-order valence-electron chi connectivity index (χ2n) is 9.08. The van der Waals surface area contributed by atoms with Crippen LogP contribution in [0.4, 0.5) is 39.0 Å². The first kappa shape index (κ1) is 27.8. The number of hydrogen-bond donors (Lipinski definition) is 1. The molecule has 12 heteroatoms. The molecule has 1 N–H and O–H groups in total. The van der Waals surface area contributed by atoms with Gasteiger partial charge in [-0.2, -0.15) is 0 Å². The lowest BCUT2D eigenvalue weighted by Gasteiger charge is -2.38. The molecule has 0 atom stereocenters. The van der Waals surface area contributed by atoms with Crippen molar-refractivity contribution < 1.29 is 31.5 Å². The summed E-state index contributed by atoms with van der Waals surface area (Å²) < 4.78 is 74.8. The van der Waals surface area contributed by atoms with E-state index in [4.69, 9.17) is 27.9 Å². The van der Waals surface area contributed by atoms with Crippen LogP contribution in [0.25, 0.3) is 0 Å². The first-order chi connectivity index (χ1) is 17.9. The van der Waals surface area contributed by atoms with Crippen molar-refractivity contribution in [2.24, 2.45) is 0 Å². The molecule has 1 aliphatic rings. The van der Waals surface area contributed by atoms with Crippen LogP contribution in [0.3, 0.4) is 0 Å². The van der Waals surface area contributed by atoms with Crippen molar-refractivity contribution in [3.05, 3.63) is 81.6 Å². The zero-order valence-electron chi connectivity index (χ0n) is 20.2. The molecule has 1 heterocycles. The molecule has 0 aromatic heterocycles. The molecular formula is C26H22Cl2F5N3O2. The van der Waals surface area contributed by atoms with Gasteiger partial charge in [-0.05, 0) is 56.3 Å². The van der Waals surface area contributed by atoms with Crippen molar-refractivity contribution in [1.29, 1.82) is 0 Å². The lowest BCUT2D eigenvalue weighted by molar-refractivity contribution is -0.128.